The molecule has 2 aromatic carbocycles. The van der Waals surface area contributed by atoms with Gasteiger partial charge in [0.1, 0.15) is 17.2 Å². The fourth-order valence-electron chi connectivity index (χ4n) is 3.93. The molecule has 11 nitrogen and oxygen atoms in total. The Labute approximate surface area is 228 Å². The van der Waals surface area contributed by atoms with E-state index in [1.807, 2.05) is 6.92 Å². The molecule has 39 heavy (non-hydrogen) atoms. The maximum atomic E-state index is 13.9. The molecule has 0 bridgehead atoms. The lowest BCUT2D eigenvalue weighted by molar-refractivity contribution is -0.142. The minimum atomic E-state index is -4.28. The number of hydrogen-bond acceptors (Lipinski definition) is 10. The first-order chi connectivity index (χ1) is 18.6. The monoisotopic (exact) mass is 573 g/mol. The maximum Gasteiger partial charge on any atom is 0.343 e. The second-order valence-corrected chi connectivity index (χ2v) is 11.5. The summed E-state index contributed by atoms with van der Waals surface area (Å²) in [4.78, 5) is 20.1. The number of methoxy groups -OCH3 is 3. The predicted molar refractivity (Wildman–Crippen MR) is 143 cm³/mol. The van der Waals surface area contributed by atoms with Crippen LogP contribution in [0.15, 0.2) is 58.7 Å². The number of esters is 1. The highest BCUT2D eigenvalue weighted by Gasteiger charge is 2.28. The Balaban J connectivity index is 1.79. The lowest BCUT2D eigenvalue weighted by atomic mass is 10.1. The molecule has 0 radical (unpaired) electrons. The molecule has 0 saturated carbocycles. The molecule has 0 spiro atoms. The van der Waals surface area contributed by atoms with Crippen molar-refractivity contribution in [1.29, 1.82) is 0 Å². The number of imidazole rings is 1. The SMILES string of the molecule is COC(=O)COc1ccc(S(=O)(=O)n2c([S@@](=O)Cc3ncc(C)c(OC)c3C)nc3ccc(OC)cc32)cc1. The molecule has 2 aromatic heterocycles. The normalized spacial score (nSPS) is 12.2. The summed E-state index contributed by atoms with van der Waals surface area (Å²) < 4.78 is 63.1. The number of aromatic nitrogens is 3. The summed E-state index contributed by atoms with van der Waals surface area (Å²) in [5.41, 5.74) is 2.56. The Kier molecular flexibility index (Phi) is 8.21. The van der Waals surface area contributed by atoms with Crippen molar-refractivity contribution < 1.29 is 36.4 Å². The van der Waals surface area contributed by atoms with Crippen LogP contribution in [0.5, 0.6) is 17.2 Å². The van der Waals surface area contributed by atoms with E-state index in [0.717, 1.165) is 9.54 Å². The molecule has 4 aromatic rings. The molecule has 13 heteroatoms. The van der Waals surface area contributed by atoms with Crippen molar-refractivity contribution >= 4 is 37.8 Å². The number of nitrogens with zero attached hydrogens (tertiary/aromatic N) is 3. The van der Waals surface area contributed by atoms with Crippen LogP contribution in [0.3, 0.4) is 0 Å². The molecule has 1 atom stereocenters. The van der Waals surface area contributed by atoms with Gasteiger partial charge in [0, 0.05) is 23.4 Å². The van der Waals surface area contributed by atoms with Gasteiger partial charge in [0.15, 0.2) is 6.61 Å². The van der Waals surface area contributed by atoms with E-state index in [2.05, 4.69) is 14.7 Å². The number of ether oxygens (including phenoxy) is 4. The van der Waals surface area contributed by atoms with Crippen molar-refractivity contribution in [2.24, 2.45) is 0 Å². The number of fused-ring (bicyclic) bond motifs is 1. The van der Waals surface area contributed by atoms with Crippen molar-refractivity contribution in [1.82, 2.24) is 13.9 Å². The third-order valence-electron chi connectivity index (χ3n) is 5.96. The smallest absolute Gasteiger partial charge is 0.343 e. The molecule has 206 valence electrons. The average Bonchev–Trinajstić information content (AvgIpc) is 3.33. The number of aryl methyl sites for hydroxylation is 1. The zero-order valence-corrected chi connectivity index (χ0v) is 23.6. The van der Waals surface area contributed by atoms with Crippen LogP contribution in [0.2, 0.25) is 0 Å². The summed E-state index contributed by atoms with van der Waals surface area (Å²) in [6.07, 6.45) is 1.62. The third kappa shape index (κ3) is 5.59. The van der Waals surface area contributed by atoms with Gasteiger partial charge in [0.2, 0.25) is 5.16 Å². The summed E-state index contributed by atoms with van der Waals surface area (Å²) >= 11 is 0. The number of pyridine rings is 1. The number of rotatable bonds is 10. The van der Waals surface area contributed by atoms with E-state index < -0.39 is 26.8 Å². The van der Waals surface area contributed by atoms with E-state index >= 15 is 0 Å². The first kappa shape index (κ1) is 28.0. The molecule has 0 unspecified atom stereocenters. The average molecular weight is 574 g/mol. The number of carbonyl (C=O) groups is 1. The molecular weight excluding hydrogens is 546 g/mol. The second-order valence-electron chi connectivity index (χ2n) is 8.39. The first-order valence-electron chi connectivity index (χ1n) is 11.6. The molecule has 4 rings (SSSR count). The largest absolute Gasteiger partial charge is 0.497 e. The fourth-order valence-corrected chi connectivity index (χ4v) is 6.97. The van der Waals surface area contributed by atoms with E-state index in [0.29, 0.717) is 28.3 Å². The number of carbonyl (C=O) groups excluding carboxylic acids is 1. The van der Waals surface area contributed by atoms with E-state index in [9.17, 15) is 17.4 Å². The Bertz CT molecular complexity index is 1670. The maximum absolute atomic E-state index is 13.9. The van der Waals surface area contributed by atoms with E-state index in [-0.39, 0.29) is 33.7 Å². The van der Waals surface area contributed by atoms with Crippen LogP contribution in [-0.4, -0.2) is 60.5 Å². The Morgan fingerprint density at radius 1 is 1.00 bits per heavy atom. The third-order valence-corrected chi connectivity index (χ3v) is 9.01. The van der Waals surface area contributed by atoms with Gasteiger partial charge in [-0.25, -0.2) is 22.2 Å². The Morgan fingerprint density at radius 2 is 1.69 bits per heavy atom. The molecule has 0 fully saturated rings. The van der Waals surface area contributed by atoms with Crippen LogP contribution in [0.4, 0.5) is 0 Å². The van der Waals surface area contributed by atoms with Crippen molar-refractivity contribution in [3.63, 3.8) is 0 Å². The standard InChI is InChI=1S/C26H27N3O8S2/c1-16-13-27-22(17(2)25(16)36-5)15-38(31)26-28-21-11-8-19(34-3)12-23(21)29(26)39(32,33)20-9-6-18(7-10-20)37-14-24(30)35-4/h6-13H,14-15H2,1-5H3/t38-/m0/s1. The molecule has 0 aliphatic carbocycles. The van der Waals surface area contributed by atoms with Crippen LogP contribution in [-0.2, 0) is 36.1 Å². The highest BCUT2D eigenvalue weighted by molar-refractivity contribution is 7.91. The predicted octanol–water partition coefficient (Wildman–Crippen LogP) is 3.16. The Morgan fingerprint density at radius 3 is 2.33 bits per heavy atom. The number of hydrogen-bond donors (Lipinski definition) is 0. The lowest BCUT2D eigenvalue weighted by Crippen LogP contribution is -2.18. The van der Waals surface area contributed by atoms with Gasteiger partial charge in [-0.2, -0.15) is 0 Å². The molecular formula is C26H27N3O8S2. The van der Waals surface area contributed by atoms with Crippen LogP contribution in [0.1, 0.15) is 16.8 Å². The highest BCUT2D eigenvalue weighted by Crippen LogP contribution is 2.31. The van der Waals surface area contributed by atoms with Crippen LogP contribution in [0.25, 0.3) is 11.0 Å². The summed E-state index contributed by atoms with van der Waals surface area (Å²) in [5.74, 6) is 0.642. The van der Waals surface area contributed by atoms with Gasteiger partial charge in [0.05, 0.1) is 59.5 Å². The van der Waals surface area contributed by atoms with Gasteiger partial charge >= 0.3 is 5.97 Å². The second kappa shape index (κ2) is 11.4. The van der Waals surface area contributed by atoms with E-state index in [1.165, 1.54) is 44.6 Å². The summed E-state index contributed by atoms with van der Waals surface area (Å²) in [5, 5.41) is -0.162. The highest BCUT2D eigenvalue weighted by atomic mass is 32.2. The Hall–Kier alpha value is -3.97. The van der Waals surface area contributed by atoms with Crippen molar-refractivity contribution in [3.8, 4) is 17.2 Å². The van der Waals surface area contributed by atoms with Gasteiger partial charge < -0.3 is 18.9 Å². The first-order valence-corrected chi connectivity index (χ1v) is 14.4. The summed E-state index contributed by atoms with van der Waals surface area (Å²) in [6.45, 7) is 3.33. The minimum absolute atomic E-state index is 0.0846. The lowest BCUT2D eigenvalue weighted by Gasteiger charge is -2.13. The number of benzene rings is 2. The zero-order chi connectivity index (χ0) is 28.3. The van der Waals surface area contributed by atoms with Crippen LogP contribution >= 0.6 is 0 Å². The molecule has 0 aliphatic heterocycles. The van der Waals surface area contributed by atoms with E-state index in [1.54, 1.807) is 32.4 Å². The van der Waals surface area contributed by atoms with Gasteiger partial charge in [-0.3, -0.25) is 9.19 Å². The molecule has 0 amide bonds. The quantitative estimate of drug-likeness (QED) is 0.260. The summed E-state index contributed by atoms with van der Waals surface area (Å²) in [7, 11) is -1.96. The molecule has 2 heterocycles. The van der Waals surface area contributed by atoms with Crippen molar-refractivity contribution in [3.05, 3.63) is 65.5 Å². The topological polar surface area (TPSA) is 136 Å². The molecule has 0 aliphatic rings. The minimum Gasteiger partial charge on any atom is -0.497 e. The molecule has 0 N–H and O–H groups in total. The summed E-state index contributed by atoms with van der Waals surface area (Å²) in [6, 6.07) is 10.3. The van der Waals surface area contributed by atoms with Gasteiger partial charge in [-0.05, 0) is 50.2 Å². The zero-order valence-electron chi connectivity index (χ0n) is 22.0. The molecule has 0 saturated heterocycles. The van der Waals surface area contributed by atoms with Gasteiger partial charge in [-0.1, -0.05) is 0 Å². The van der Waals surface area contributed by atoms with E-state index in [4.69, 9.17) is 14.2 Å². The van der Waals surface area contributed by atoms with Crippen LogP contribution in [0, 0.1) is 13.8 Å². The van der Waals surface area contributed by atoms with Gasteiger partial charge in [0.25, 0.3) is 10.0 Å². The van der Waals surface area contributed by atoms with Gasteiger partial charge in [-0.15, -0.1) is 0 Å². The van der Waals surface area contributed by atoms with Crippen molar-refractivity contribution in [2.45, 2.75) is 29.7 Å². The van der Waals surface area contributed by atoms with Crippen molar-refractivity contribution in [2.75, 3.05) is 27.9 Å². The van der Waals surface area contributed by atoms with Crippen LogP contribution < -0.4 is 14.2 Å². The fraction of sp³-hybridized carbons (Fsp3) is 0.269.